The Bertz CT molecular complexity index is 431. The van der Waals surface area contributed by atoms with E-state index in [1.165, 1.54) is 0 Å². The molecule has 20 heavy (non-hydrogen) atoms. The summed E-state index contributed by atoms with van der Waals surface area (Å²) < 4.78 is 5.74. The van der Waals surface area contributed by atoms with Crippen LogP contribution in [-0.4, -0.2) is 36.8 Å². The molecule has 1 aromatic rings. The standard InChI is InChI=1S/C15H24ClN3O/c1-4-5-17-7-13-6-14(16)15(18-8-13)19-9-11(2)20-12(3)10-19/h6,8,11-12,17H,4-5,7,9-10H2,1-3H3. The summed E-state index contributed by atoms with van der Waals surface area (Å²) in [7, 11) is 0. The van der Waals surface area contributed by atoms with Crippen LogP contribution in [0.4, 0.5) is 5.82 Å². The van der Waals surface area contributed by atoms with Gasteiger partial charge in [-0.05, 0) is 38.4 Å². The van der Waals surface area contributed by atoms with Crippen molar-refractivity contribution in [2.24, 2.45) is 0 Å². The van der Waals surface area contributed by atoms with Crippen LogP contribution in [-0.2, 0) is 11.3 Å². The van der Waals surface area contributed by atoms with Crippen molar-refractivity contribution in [3.05, 3.63) is 22.8 Å². The SMILES string of the molecule is CCCNCc1cnc(N2CC(C)OC(C)C2)c(Cl)c1. The number of rotatable bonds is 5. The molecule has 0 bridgehead atoms. The predicted molar refractivity (Wildman–Crippen MR) is 83.5 cm³/mol. The Kier molecular flexibility index (Phi) is 5.64. The van der Waals surface area contributed by atoms with E-state index in [1.807, 2.05) is 12.3 Å². The molecule has 0 aromatic carbocycles. The number of aromatic nitrogens is 1. The van der Waals surface area contributed by atoms with Crippen LogP contribution in [0.3, 0.4) is 0 Å². The van der Waals surface area contributed by atoms with E-state index in [0.29, 0.717) is 0 Å². The smallest absolute Gasteiger partial charge is 0.147 e. The zero-order valence-corrected chi connectivity index (χ0v) is 13.3. The maximum Gasteiger partial charge on any atom is 0.147 e. The molecule has 0 saturated carbocycles. The quantitative estimate of drug-likeness (QED) is 0.848. The molecular formula is C15H24ClN3O. The largest absolute Gasteiger partial charge is 0.372 e. The Hall–Kier alpha value is -0.840. The van der Waals surface area contributed by atoms with E-state index in [1.54, 1.807) is 0 Å². The lowest BCUT2D eigenvalue weighted by Gasteiger charge is -2.36. The van der Waals surface area contributed by atoms with E-state index in [0.717, 1.165) is 49.0 Å². The lowest BCUT2D eigenvalue weighted by molar-refractivity contribution is -0.00545. The molecule has 2 rings (SSSR count). The summed E-state index contributed by atoms with van der Waals surface area (Å²) in [5.74, 6) is 0.868. The van der Waals surface area contributed by atoms with Gasteiger partial charge in [0, 0.05) is 25.8 Å². The zero-order valence-electron chi connectivity index (χ0n) is 12.5. The molecule has 1 aromatic heterocycles. The molecule has 0 spiro atoms. The summed E-state index contributed by atoms with van der Waals surface area (Å²) in [6, 6.07) is 2.01. The number of halogens is 1. The molecule has 4 nitrogen and oxygen atoms in total. The highest BCUT2D eigenvalue weighted by molar-refractivity contribution is 6.33. The molecule has 1 N–H and O–H groups in total. The fraction of sp³-hybridized carbons (Fsp3) is 0.667. The van der Waals surface area contributed by atoms with Crippen LogP contribution in [0.1, 0.15) is 32.8 Å². The monoisotopic (exact) mass is 297 g/mol. The predicted octanol–water partition coefficient (Wildman–Crippen LogP) is 2.85. The molecular weight excluding hydrogens is 274 g/mol. The highest BCUT2D eigenvalue weighted by atomic mass is 35.5. The Morgan fingerprint density at radius 3 is 2.70 bits per heavy atom. The molecule has 1 aliphatic rings. The van der Waals surface area contributed by atoms with Gasteiger partial charge in [-0.2, -0.15) is 0 Å². The second kappa shape index (κ2) is 7.25. The summed E-state index contributed by atoms with van der Waals surface area (Å²) >= 11 is 6.40. The van der Waals surface area contributed by atoms with Gasteiger partial charge in [-0.15, -0.1) is 0 Å². The van der Waals surface area contributed by atoms with Crippen LogP contribution in [0, 0.1) is 0 Å². The minimum atomic E-state index is 0.211. The molecule has 1 aliphatic heterocycles. The first-order chi connectivity index (χ1) is 9.60. The molecule has 0 radical (unpaired) electrons. The minimum Gasteiger partial charge on any atom is -0.372 e. The molecule has 0 aliphatic carbocycles. The van der Waals surface area contributed by atoms with Gasteiger partial charge in [0.25, 0.3) is 0 Å². The Morgan fingerprint density at radius 1 is 1.40 bits per heavy atom. The number of nitrogens with one attached hydrogen (secondary N) is 1. The van der Waals surface area contributed by atoms with Crippen molar-refractivity contribution in [3.8, 4) is 0 Å². The van der Waals surface area contributed by atoms with E-state index in [-0.39, 0.29) is 12.2 Å². The summed E-state index contributed by atoms with van der Waals surface area (Å²) in [5, 5.41) is 4.08. The second-order valence-electron chi connectivity index (χ2n) is 5.49. The first-order valence-electron chi connectivity index (χ1n) is 7.35. The molecule has 1 fully saturated rings. The summed E-state index contributed by atoms with van der Waals surface area (Å²) in [6.07, 6.45) is 3.46. The lowest BCUT2D eigenvalue weighted by atomic mass is 10.2. The Balaban J connectivity index is 2.05. The van der Waals surface area contributed by atoms with Crippen LogP contribution >= 0.6 is 11.6 Å². The van der Waals surface area contributed by atoms with E-state index in [2.05, 4.69) is 36.0 Å². The highest BCUT2D eigenvalue weighted by Crippen LogP contribution is 2.26. The van der Waals surface area contributed by atoms with Crippen LogP contribution in [0.2, 0.25) is 5.02 Å². The molecule has 5 heteroatoms. The number of ether oxygens (including phenoxy) is 1. The number of nitrogens with zero attached hydrogens (tertiary/aromatic N) is 2. The number of anilines is 1. The number of hydrogen-bond donors (Lipinski definition) is 1. The average Bonchev–Trinajstić information content (AvgIpc) is 2.38. The lowest BCUT2D eigenvalue weighted by Crippen LogP contribution is -2.46. The van der Waals surface area contributed by atoms with Gasteiger partial charge in [-0.25, -0.2) is 4.98 Å². The highest BCUT2D eigenvalue weighted by Gasteiger charge is 2.24. The van der Waals surface area contributed by atoms with Crippen LogP contribution in [0.15, 0.2) is 12.3 Å². The fourth-order valence-electron chi connectivity index (χ4n) is 2.56. The van der Waals surface area contributed by atoms with Crippen molar-refractivity contribution in [2.75, 3.05) is 24.5 Å². The minimum absolute atomic E-state index is 0.211. The summed E-state index contributed by atoms with van der Waals surface area (Å²) in [6.45, 7) is 9.82. The van der Waals surface area contributed by atoms with Crippen molar-refractivity contribution in [3.63, 3.8) is 0 Å². The van der Waals surface area contributed by atoms with E-state index in [4.69, 9.17) is 16.3 Å². The summed E-state index contributed by atoms with van der Waals surface area (Å²) in [4.78, 5) is 6.76. The van der Waals surface area contributed by atoms with Gasteiger partial charge in [0.1, 0.15) is 5.82 Å². The second-order valence-corrected chi connectivity index (χ2v) is 5.90. The van der Waals surface area contributed by atoms with Gasteiger partial charge in [-0.1, -0.05) is 18.5 Å². The topological polar surface area (TPSA) is 37.4 Å². The molecule has 2 atom stereocenters. The van der Waals surface area contributed by atoms with Gasteiger partial charge in [0.15, 0.2) is 0 Å². The third kappa shape index (κ3) is 4.08. The van der Waals surface area contributed by atoms with Crippen molar-refractivity contribution in [2.45, 2.75) is 45.9 Å². The van der Waals surface area contributed by atoms with Crippen molar-refractivity contribution in [1.29, 1.82) is 0 Å². The van der Waals surface area contributed by atoms with Crippen molar-refractivity contribution in [1.82, 2.24) is 10.3 Å². The first kappa shape index (κ1) is 15.5. The number of pyridine rings is 1. The fourth-order valence-corrected chi connectivity index (χ4v) is 2.87. The maximum absolute atomic E-state index is 6.40. The Labute approximate surface area is 126 Å². The van der Waals surface area contributed by atoms with Crippen molar-refractivity contribution < 1.29 is 4.74 Å². The molecule has 0 amide bonds. The third-order valence-corrected chi connectivity index (χ3v) is 3.63. The number of hydrogen-bond acceptors (Lipinski definition) is 4. The first-order valence-corrected chi connectivity index (χ1v) is 7.73. The molecule has 112 valence electrons. The van der Waals surface area contributed by atoms with Gasteiger partial charge >= 0.3 is 0 Å². The van der Waals surface area contributed by atoms with E-state index in [9.17, 15) is 0 Å². The van der Waals surface area contributed by atoms with Crippen LogP contribution in [0.25, 0.3) is 0 Å². The van der Waals surface area contributed by atoms with Gasteiger partial charge in [0.05, 0.1) is 17.2 Å². The van der Waals surface area contributed by atoms with Crippen LogP contribution in [0.5, 0.6) is 0 Å². The van der Waals surface area contributed by atoms with Gasteiger partial charge < -0.3 is 15.0 Å². The normalized spacial score (nSPS) is 23.1. The molecule has 1 saturated heterocycles. The average molecular weight is 298 g/mol. The molecule has 2 heterocycles. The van der Waals surface area contributed by atoms with E-state index >= 15 is 0 Å². The zero-order chi connectivity index (χ0) is 14.5. The maximum atomic E-state index is 6.40. The molecule has 2 unspecified atom stereocenters. The number of morpholine rings is 1. The third-order valence-electron chi connectivity index (χ3n) is 3.35. The van der Waals surface area contributed by atoms with E-state index < -0.39 is 0 Å². The van der Waals surface area contributed by atoms with Gasteiger partial charge in [-0.3, -0.25) is 0 Å². The Morgan fingerprint density at radius 2 is 2.10 bits per heavy atom. The van der Waals surface area contributed by atoms with Gasteiger partial charge in [0.2, 0.25) is 0 Å². The van der Waals surface area contributed by atoms with Crippen molar-refractivity contribution >= 4 is 17.4 Å². The summed E-state index contributed by atoms with van der Waals surface area (Å²) in [5.41, 5.74) is 1.13. The van der Waals surface area contributed by atoms with Crippen LogP contribution < -0.4 is 10.2 Å².